The lowest BCUT2D eigenvalue weighted by atomic mass is 10.1. The minimum atomic E-state index is -0.240. The highest BCUT2D eigenvalue weighted by atomic mass is 35.5. The molecule has 6 heteroatoms. The van der Waals surface area contributed by atoms with Crippen molar-refractivity contribution in [2.75, 3.05) is 0 Å². The Morgan fingerprint density at radius 2 is 1.81 bits per heavy atom. The molecule has 0 saturated heterocycles. The highest BCUT2D eigenvalue weighted by Crippen LogP contribution is 2.29. The Hall–Kier alpha value is -2.11. The SMILES string of the molecule is Cc1cc(Oc2cc(C(C)C)nc(SCc3ccc(F)cc3)n2)ccc1Cl. The lowest BCUT2D eigenvalue weighted by Gasteiger charge is -2.11. The van der Waals surface area contributed by atoms with Gasteiger partial charge in [0.05, 0.1) is 5.69 Å². The van der Waals surface area contributed by atoms with E-state index in [-0.39, 0.29) is 11.7 Å². The molecule has 3 aromatic rings. The zero-order valence-electron chi connectivity index (χ0n) is 15.4. The van der Waals surface area contributed by atoms with Crippen molar-refractivity contribution in [3.05, 3.63) is 76.2 Å². The lowest BCUT2D eigenvalue weighted by molar-refractivity contribution is 0.452. The van der Waals surface area contributed by atoms with Crippen LogP contribution >= 0.6 is 23.4 Å². The van der Waals surface area contributed by atoms with Gasteiger partial charge in [0, 0.05) is 16.8 Å². The second-order valence-corrected chi connectivity index (χ2v) is 7.85. The Morgan fingerprint density at radius 1 is 1.07 bits per heavy atom. The van der Waals surface area contributed by atoms with Gasteiger partial charge in [-0.05, 0) is 54.3 Å². The van der Waals surface area contributed by atoms with Gasteiger partial charge in [-0.1, -0.05) is 49.3 Å². The van der Waals surface area contributed by atoms with Crippen LogP contribution < -0.4 is 4.74 Å². The van der Waals surface area contributed by atoms with Gasteiger partial charge >= 0.3 is 0 Å². The van der Waals surface area contributed by atoms with Gasteiger partial charge in [-0.2, -0.15) is 4.98 Å². The molecule has 3 rings (SSSR count). The maximum atomic E-state index is 13.0. The van der Waals surface area contributed by atoms with Crippen LogP contribution in [0, 0.1) is 12.7 Å². The van der Waals surface area contributed by atoms with Crippen LogP contribution in [0.2, 0.25) is 5.02 Å². The molecular formula is C21H20ClFN2OS. The molecule has 0 saturated carbocycles. The molecule has 0 aliphatic carbocycles. The summed E-state index contributed by atoms with van der Waals surface area (Å²) < 4.78 is 19.0. The van der Waals surface area contributed by atoms with Gasteiger partial charge in [-0.25, -0.2) is 9.37 Å². The lowest BCUT2D eigenvalue weighted by Crippen LogP contribution is -2.00. The molecule has 0 radical (unpaired) electrons. The Balaban J connectivity index is 1.81. The molecule has 1 heterocycles. The standard InChI is InChI=1S/C21H20ClFN2OS/c1-13(2)19-11-20(26-17-8-9-18(22)14(3)10-17)25-21(24-19)27-12-15-4-6-16(23)7-5-15/h4-11,13H,12H2,1-3H3. The summed E-state index contributed by atoms with van der Waals surface area (Å²) in [5.74, 6) is 1.83. The van der Waals surface area contributed by atoms with Crippen molar-refractivity contribution in [2.45, 2.75) is 37.6 Å². The third kappa shape index (κ3) is 5.44. The number of ether oxygens (including phenoxy) is 1. The summed E-state index contributed by atoms with van der Waals surface area (Å²) in [6.07, 6.45) is 0. The number of benzene rings is 2. The van der Waals surface area contributed by atoms with Crippen molar-refractivity contribution in [2.24, 2.45) is 0 Å². The fourth-order valence-corrected chi connectivity index (χ4v) is 3.29. The molecule has 140 valence electrons. The van der Waals surface area contributed by atoms with Crippen LogP contribution in [0.5, 0.6) is 11.6 Å². The van der Waals surface area contributed by atoms with Gasteiger partial charge in [0.25, 0.3) is 0 Å². The van der Waals surface area contributed by atoms with Crippen molar-refractivity contribution in [3.8, 4) is 11.6 Å². The number of aromatic nitrogens is 2. The topological polar surface area (TPSA) is 35.0 Å². The number of hydrogen-bond acceptors (Lipinski definition) is 4. The summed E-state index contributed by atoms with van der Waals surface area (Å²) >= 11 is 7.57. The molecule has 0 bridgehead atoms. The van der Waals surface area contributed by atoms with Crippen molar-refractivity contribution in [3.63, 3.8) is 0 Å². The molecule has 0 unspecified atom stereocenters. The molecule has 0 fully saturated rings. The molecule has 2 aromatic carbocycles. The second-order valence-electron chi connectivity index (χ2n) is 6.50. The van der Waals surface area contributed by atoms with Crippen LogP contribution in [0.3, 0.4) is 0 Å². The van der Waals surface area contributed by atoms with E-state index in [1.807, 2.05) is 25.1 Å². The van der Waals surface area contributed by atoms with E-state index in [4.69, 9.17) is 16.3 Å². The van der Waals surface area contributed by atoms with Crippen LogP contribution in [0.25, 0.3) is 0 Å². The first-order chi connectivity index (χ1) is 12.9. The summed E-state index contributed by atoms with van der Waals surface area (Å²) in [7, 11) is 0. The molecule has 0 aliphatic heterocycles. The molecule has 27 heavy (non-hydrogen) atoms. The number of hydrogen-bond donors (Lipinski definition) is 0. The molecule has 0 spiro atoms. The Labute approximate surface area is 168 Å². The number of rotatable bonds is 6. The zero-order valence-corrected chi connectivity index (χ0v) is 16.9. The van der Waals surface area contributed by atoms with Gasteiger partial charge in [0.1, 0.15) is 11.6 Å². The molecular weight excluding hydrogens is 383 g/mol. The average Bonchev–Trinajstić information content (AvgIpc) is 2.64. The van der Waals surface area contributed by atoms with E-state index in [1.54, 1.807) is 18.2 Å². The normalized spacial score (nSPS) is 11.0. The van der Waals surface area contributed by atoms with E-state index >= 15 is 0 Å². The molecule has 0 atom stereocenters. The van der Waals surface area contributed by atoms with Crippen LogP contribution in [0.4, 0.5) is 4.39 Å². The second kappa shape index (κ2) is 8.72. The van der Waals surface area contributed by atoms with Crippen molar-refractivity contribution in [1.82, 2.24) is 9.97 Å². The first kappa shape index (κ1) is 19.6. The smallest absolute Gasteiger partial charge is 0.223 e. The first-order valence-corrected chi connectivity index (χ1v) is 9.97. The first-order valence-electron chi connectivity index (χ1n) is 8.61. The van der Waals surface area contributed by atoms with Crippen LogP contribution in [0.1, 0.15) is 36.6 Å². The predicted octanol–water partition coefficient (Wildman–Crippen LogP) is 6.79. The minimum absolute atomic E-state index is 0.240. The van der Waals surface area contributed by atoms with Crippen molar-refractivity contribution >= 4 is 23.4 Å². The highest BCUT2D eigenvalue weighted by molar-refractivity contribution is 7.98. The predicted molar refractivity (Wildman–Crippen MR) is 108 cm³/mol. The number of aryl methyl sites for hydroxylation is 1. The minimum Gasteiger partial charge on any atom is -0.439 e. The van der Waals surface area contributed by atoms with E-state index in [2.05, 4.69) is 23.8 Å². The van der Waals surface area contributed by atoms with Gasteiger partial charge in [0.15, 0.2) is 5.16 Å². The summed E-state index contributed by atoms with van der Waals surface area (Å²) in [6, 6.07) is 13.8. The largest absolute Gasteiger partial charge is 0.439 e. The Morgan fingerprint density at radius 3 is 2.48 bits per heavy atom. The van der Waals surface area contributed by atoms with Crippen LogP contribution in [-0.4, -0.2) is 9.97 Å². The highest BCUT2D eigenvalue weighted by Gasteiger charge is 2.11. The Bertz CT molecular complexity index is 932. The van der Waals surface area contributed by atoms with E-state index < -0.39 is 0 Å². The fourth-order valence-electron chi connectivity index (χ4n) is 2.36. The van der Waals surface area contributed by atoms with Crippen molar-refractivity contribution in [1.29, 1.82) is 0 Å². The van der Waals surface area contributed by atoms with Gasteiger partial charge < -0.3 is 4.74 Å². The number of nitrogens with zero attached hydrogens (tertiary/aromatic N) is 2. The van der Waals surface area contributed by atoms with Gasteiger partial charge in [-0.3, -0.25) is 0 Å². The van der Waals surface area contributed by atoms with E-state index in [0.717, 1.165) is 16.8 Å². The maximum Gasteiger partial charge on any atom is 0.223 e. The Kier molecular flexibility index (Phi) is 6.34. The number of thioether (sulfide) groups is 1. The van der Waals surface area contributed by atoms with Gasteiger partial charge in [-0.15, -0.1) is 0 Å². The monoisotopic (exact) mass is 402 g/mol. The van der Waals surface area contributed by atoms with E-state index in [1.165, 1.54) is 23.9 Å². The zero-order chi connectivity index (χ0) is 19.4. The number of halogens is 2. The third-order valence-corrected chi connectivity index (χ3v) is 5.27. The summed E-state index contributed by atoms with van der Waals surface area (Å²) in [6.45, 7) is 6.08. The molecule has 3 nitrogen and oxygen atoms in total. The summed E-state index contributed by atoms with van der Waals surface area (Å²) in [5, 5.41) is 1.33. The van der Waals surface area contributed by atoms with E-state index in [0.29, 0.717) is 27.6 Å². The average molecular weight is 403 g/mol. The quantitative estimate of drug-likeness (QED) is 0.336. The van der Waals surface area contributed by atoms with Gasteiger partial charge in [0.2, 0.25) is 5.88 Å². The van der Waals surface area contributed by atoms with Crippen LogP contribution in [0.15, 0.2) is 53.7 Å². The van der Waals surface area contributed by atoms with Crippen molar-refractivity contribution < 1.29 is 9.13 Å². The van der Waals surface area contributed by atoms with E-state index in [9.17, 15) is 4.39 Å². The molecule has 0 amide bonds. The maximum absolute atomic E-state index is 13.0. The summed E-state index contributed by atoms with van der Waals surface area (Å²) in [5.41, 5.74) is 2.86. The molecule has 0 aliphatic rings. The molecule has 1 aromatic heterocycles. The fraction of sp³-hybridized carbons (Fsp3) is 0.238. The summed E-state index contributed by atoms with van der Waals surface area (Å²) in [4.78, 5) is 9.13. The third-order valence-electron chi connectivity index (χ3n) is 3.93. The van der Waals surface area contributed by atoms with Crippen LogP contribution in [-0.2, 0) is 5.75 Å². The molecule has 0 N–H and O–H groups in total.